The van der Waals surface area contributed by atoms with Crippen LogP contribution in [0.1, 0.15) is 24.0 Å². The van der Waals surface area contributed by atoms with Gasteiger partial charge in [-0.3, -0.25) is 4.68 Å². The molecule has 3 aliphatic rings. The monoisotopic (exact) mass is 492 g/mol. The molecule has 1 aliphatic heterocycles. The minimum Gasteiger partial charge on any atom is -0.267 e. The van der Waals surface area contributed by atoms with Gasteiger partial charge in [-0.25, -0.2) is 4.39 Å². The normalized spacial score (nSPS) is 27.1. The quantitative estimate of drug-likeness (QED) is 0.558. The van der Waals surface area contributed by atoms with E-state index in [0.717, 1.165) is 48.2 Å². The van der Waals surface area contributed by atoms with Crippen LogP contribution in [0.15, 0.2) is 61.2 Å². The molecule has 2 bridgehead atoms. The molecule has 2 heterocycles. The molecule has 0 amide bonds. The van der Waals surface area contributed by atoms with Crippen molar-refractivity contribution in [2.75, 3.05) is 13.1 Å². The SMILES string of the molecule is C=CCN1C[C@]2(NS1(=O)=O)[C@@H]1CC[C@H]2Cc2ccc(-c3cc(-c4ccc(F)cc4)n(C)n3)cc2C1. The molecular formula is C27H29FN4O2S. The van der Waals surface area contributed by atoms with E-state index in [0.29, 0.717) is 13.1 Å². The maximum Gasteiger partial charge on any atom is 0.280 e. The van der Waals surface area contributed by atoms with Crippen molar-refractivity contribution in [3.05, 3.63) is 78.1 Å². The second-order valence-corrected chi connectivity index (χ2v) is 11.8. The van der Waals surface area contributed by atoms with Crippen molar-refractivity contribution in [3.8, 4) is 22.5 Å². The van der Waals surface area contributed by atoms with Crippen LogP contribution in [-0.2, 0) is 30.1 Å². The largest absolute Gasteiger partial charge is 0.280 e. The fourth-order valence-corrected chi connectivity index (χ4v) is 8.16. The van der Waals surface area contributed by atoms with E-state index < -0.39 is 15.7 Å². The summed E-state index contributed by atoms with van der Waals surface area (Å²) in [5.41, 5.74) is 5.93. The van der Waals surface area contributed by atoms with E-state index in [-0.39, 0.29) is 17.7 Å². The minimum atomic E-state index is -3.49. The fraction of sp³-hybridized carbons (Fsp3) is 0.370. The van der Waals surface area contributed by atoms with Crippen molar-refractivity contribution in [2.24, 2.45) is 18.9 Å². The minimum absolute atomic E-state index is 0.257. The van der Waals surface area contributed by atoms with Gasteiger partial charge in [0.2, 0.25) is 0 Å². The van der Waals surface area contributed by atoms with Crippen LogP contribution in [0.5, 0.6) is 0 Å². The standard InChI is InChI=1S/C27H29FN4O2S/c1-3-12-32-17-27(30-35(32,33)34)22-8-9-23(27)15-21-13-20(5-4-19(21)14-22)25-16-26(31(2)29-25)18-6-10-24(28)11-7-18/h3-7,10-11,13,16,22-23,30H,1,8-9,12,14-15,17H2,2H3/t22-,23+,27+/m0/s1. The van der Waals surface area contributed by atoms with Gasteiger partial charge in [0, 0.05) is 25.7 Å². The molecule has 182 valence electrons. The predicted molar refractivity (Wildman–Crippen MR) is 134 cm³/mol. The number of benzene rings is 2. The van der Waals surface area contributed by atoms with Gasteiger partial charge >= 0.3 is 0 Å². The molecule has 2 aliphatic carbocycles. The van der Waals surface area contributed by atoms with Crippen molar-refractivity contribution >= 4 is 10.2 Å². The molecule has 1 aromatic heterocycles. The Hall–Kier alpha value is -2.81. The third kappa shape index (κ3) is 3.66. The first kappa shape index (κ1) is 22.6. The van der Waals surface area contributed by atoms with Crippen molar-refractivity contribution in [2.45, 2.75) is 31.2 Å². The topological polar surface area (TPSA) is 67.2 Å². The van der Waals surface area contributed by atoms with Gasteiger partial charge in [0.05, 0.1) is 16.9 Å². The third-order valence-electron chi connectivity index (χ3n) is 8.20. The molecule has 1 N–H and O–H groups in total. The van der Waals surface area contributed by atoms with Crippen LogP contribution in [0.3, 0.4) is 0 Å². The fourth-order valence-electron chi connectivity index (χ4n) is 6.47. The molecule has 1 saturated heterocycles. The number of hydrogen-bond donors (Lipinski definition) is 1. The Morgan fingerprint density at radius 3 is 2.49 bits per heavy atom. The lowest BCUT2D eigenvalue weighted by Gasteiger charge is -2.33. The summed E-state index contributed by atoms with van der Waals surface area (Å²) < 4.78 is 45.6. The highest BCUT2D eigenvalue weighted by molar-refractivity contribution is 7.87. The average Bonchev–Trinajstić information content (AvgIpc) is 3.40. The maximum absolute atomic E-state index is 13.4. The summed E-state index contributed by atoms with van der Waals surface area (Å²) in [5.74, 6) is 0.280. The van der Waals surface area contributed by atoms with Crippen LogP contribution in [0.2, 0.25) is 0 Å². The van der Waals surface area contributed by atoms with Crippen LogP contribution < -0.4 is 4.72 Å². The van der Waals surface area contributed by atoms with Crippen LogP contribution >= 0.6 is 0 Å². The highest BCUT2D eigenvalue weighted by atomic mass is 32.2. The molecule has 0 unspecified atom stereocenters. The highest BCUT2D eigenvalue weighted by Gasteiger charge is 2.59. The Labute approximate surface area is 205 Å². The summed E-state index contributed by atoms with van der Waals surface area (Å²) >= 11 is 0. The van der Waals surface area contributed by atoms with Gasteiger partial charge in [0.1, 0.15) is 5.82 Å². The molecule has 8 heteroatoms. The Bertz CT molecular complexity index is 1420. The molecule has 3 aromatic rings. The van der Waals surface area contributed by atoms with Crippen LogP contribution in [0.4, 0.5) is 4.39 Å². The van der Waals surface area contributed by atoms with Gasteiger partial charge in [0.15, 0.2) is 0 Å². The molecule has 6 rings (SSSR count). The second-order valence-electron chi connectivity index (χ2n) is 10.1. The number of rotatable bonds is 4. The molecule has 35 heavy (non-hydrogen) atoms. The van der Waals surface area contributed by atoms with Gasteiger partial charge in [-0.2, -0.15) is 22.5 Å². The van der Waals surface area contributed by atoms with Crippen molar-refractivity contribution in [1.82, 2.24) is 18.8 Å². The number of fused-ring (bicyclic) bond motifs is 1. The van der Waals surface area contributed by atoms with E-state index in [1.54, 1.807) is 18.2 Å². The van der Waals surface area contributed by atoms with Crippen molar-refractivity contribution in [1.29, 1.82) is 0 Å². The molecular weight excluding hydrogens is 463 g/mol. The molecule has 1 spiro atoms. The second kappa shape index (κ2) is 8.11. The lowest BCUT2D eigenvalue weighted by molar-refractivity contribution is 0.217. The van der Waals surface area contributed by atoms with Gasteiger partial charge in [-0.05, 0) is 90.6 Å². The number of halogens is 1. The molecule has 2 aromatic carbocycles. The molecule has 0 radical (unpaired) electrons. The summed E-state index contributed by atoms with van der Waals surface area (Å²) in [6.45, 7) is 4.59. The molecule has 6 nitrogen and oxygen atoms in total. The van der Waals surface area contributed by atoms with Gasteiger partial charge < -0.3 is 0 Å². The third-order valence-corrected chi connectivity index (χ3v) is 9.80. The van der Waals surface area contributed by atoms with E-state index in [2.05, 4.69) is 29.5 Å². The summed E-state index contributed by atoms with van der Waals surface area (Å²) in [5, 5.41) is 4.74. The zero-order valence-corrected chi connectivity index (χ0v) is 20.6. The summed E-state index contributed by atoms with van der Waals surface area (Å²) in [6, 6.07) is 15.0. The number of nitrogens with one attached hydrogen (secondary N) is 1. The van der Waals surface area contributed by atoms with Gasteiger partial charge in [0.25, 0.3) is 10.2 Å². The van der Waals surface area contributed by atoms with Crippen molar-refractivity contribution in [3.63, 3.8) is 0 Å². The smallest absolute Gasteiger partial charge is 0.267 e. The maximum atomic E-state index is 13.4. The van der Waals surface area contributed by atoms with E-state index in [4.69, 9.17) is 5.10 Å². The summed E-state index contributed by atoms with van der Waals surface area (Å²) in [7, 11) is -1.59. The highest BCUT2D eigenvalue weighted by Crippen LogP contribution is 2.50. The predicted octanol–water partition coefficient (Wildman–Crippen LogP) is 4.09. The van der Waals surface area contributed by atoms with Crippen LogP contribution in [0.25, 0.3) is 22.5 Å². The van der Waals surface area contributed by atoms with Gasteiger partial charge in [-0.1, -0.05) is 18.2 Å². The lowest BCUT2D eigenvalue weighted by Crippen LogP contribution is -2.52. The Balaban J connectivity index is 1.33. The first-order valence-electron chi connectivity index (χ1n) is 12.1. The first-order chi connectivity index (χ1) is 16.8. The zero-order valence-electron chi connectivity index (χ0n) is 19.7. The average molecular weight is 493 g/mol. The molecule has 3 atom stereocenters. The van der Waals surface area contributed by atoms with Crippen LogP contribution in [-0.4, -0.2) is 41.1 Å². The first-order valence-corrected chi connectivity index (χ1v) is 13.6. The van der Waals surface area contributed by atoms with E-state index in [1.165, 1.54) is 27.6 Å². The zero-order chi connectivity index (χ0) is 24.4. The lowest BCUT2D eigenvalue weighted by atomic mass is 9.79. The Morgan fingerprint density at radius 2 is 1.77 bits per heavy atom. The Morgan fingerprint density at radius 1 is 1.09 bits per heavy atom. The van der Waals surface area contributed by atoms with Crippen molar-refractivity contribution < 1.29 is 12.8 Å². The number of aromatic nitrogens is 2. The number of hydrogen-bond acceptors (Lipinski definition) is 3. The molecule has 2 fully saturated rings. The van der Waals surface area contributed by atoms with E-state index in [9.17, 15) is 12.8 Å². The number of nitrogens with zero attached hydrogens (tertiary/aromatic N) is 3. The summed E-state index contributed by atoms with van der Waals surface area (Å²) in [6.07, 6.45) is 5.45. The van der Waals surface area contributed by atoms with Gasteiger partial charge in [-0.15, -0.1) is 6.58 Å². The Kier molecular flexibility index (Phi) is 5.25. The van der Waals surface area contributed by atoms with Crippen LogP contribution in [0, 0.1) is 17.7 Å². The number of aryl methyl sites for hydroxylation is 1. The van der Waals surface area contributed by atoms with E-state index >= 15 is 0 Å². The summed E-state index contributed by atoms with van der Waals surface area (Å²) in [4.78, 5) is 0. The molecule has 1 saturated carbocycles. The van der Waals surface area contributed by atoms with E-state index in [1.807, 2.05) is 17.8 Å².